The second-order valence-electron chi connectivity index (χ2n) is 7.59. The third-order valence-corrected chi connectivity index (χ3v) is 5.02. The summed E-state index contributed by atoms with van der Waals surface area (Å²) in [6, 6.07) is 14.0. The van der Waals surface area contributed by atoms with Gasteiger partial charge in [-0.25, -0.2) is 4.90 Å². The summed E-state index contributed by atoms with van der Waals surface area (Å²) in [6.07, 6.45) is 0. The van der Waals surface area contributed by atoms with E-state index >= 15 is 0 Å². The molecule has 2 aromatic carbocycles. The fourth-order valence-corrected chi connectivity index (χ4v) is 3.39. The van der Waals surface area contributed by atoms with Crippen molar-refractivity contribution in [1.29, 1.82) is 0 Å². The van der Waals surface area contributed by atoms with E-state index in [-0.39, 0.29) is 5.57 Å². The Hall–Kier alpha value is -3.28. The Morgan fingerprint density at radius 1 is 0.933 bits per heavy atom. The van der Waals surface area contributed by atoms with Crippen LogP contribution in [0, 0.1) is 5.92 Å². The molecule has 6 heteroatoms. The minimum atomic E-state index is -0.717. The second kappa shape index (κ2) is 9.03. The Morgan fingerprint density at radius 3 is 2.07 bits per heavy atom. The maximum atomic E-state index is 13.0. The summed E-state index contributed by atoms with van der Waals surface area (Å²) in [5.41, 5.74) is 1.92. The molecule has 30 heavy (non-hydrogen) atoms. The van der Waals surface area contributed by atoms with E-state index in [4.69, 9.17) is 4.74 Å². The number of carbonyl (C=O) groups excluding carboxylic acids is 2. The van der Waals surface area contributed by atoms with Crippen LogP contribution in [0.4, 0.5) is 11.4 Å². The Kier molecular flexibility index (Phi) is 6.45. The summed E-state index contributed by atoms with van der Waals surface area (Å²) in [6.45, 7) is 10.6. The van der Waals surface area contributed by atoms with Gasteiger partial charge in [0.1, 0.15) is 5.75 Å². The fourth-order valence-electron chi connectivity index (χ4n) is 3.39. The van der Waals surface area contributed by atoms with Crippen molar-refractivity contribution in [3.8, 4) is 5.75 Å². The van der Waals surface area contributed by atoms with Crippen molar-refractivity contribution in [3.63, 3.8) is 0 Å². The molecule has 3 rings (SSSR count). The van der Waals surface area contributed by atoms with Gasteiger partial charge >= 0.3 is 5.91 Å². The SMILES string of the molecule is CCN(CC)c1ccc(N2C(=O)C(O)=C(c3ccc(OCC(C)C)cc3)C2=O)cc1. The monoisotopic (exact) mass is 408 g/mol. The van der Waals surface area contributed by atoms with Crippen molar-refractivity contribution >= 4 is 28.8 Å². The third kappa shape index (κ3) is 4.17. The highest BCUT2D eigenvalue weighted by molar-refractivity contribution is 6.44. The third-order valence-electron chi connectivity index (χ3n) is 5.02. The lowest BCUT2D eigenvalue weighted by molar-refractivity contribution is -0.121. The zero-order valence-corrected chi connectivity index (χ0v) is 17.9. The number of ether oxygens (including phenoxy) is 1. The standard InChI is InChI=1S/C24H28N2O4/c1-5-25(6-2)18-9-11-19(12-10-18)26-23(28)21(22(27)24(26)29)17-7-13-20(14-8-17)30-15-16(3)4/h7-14,16,27H,5-6,15H2,1-4H3. The lowest BCUT2D eigenvalue weighted by atomic mass is 10.1. The molecule has 2 aromatic rings. The van der Waals surface area contributed by atoms with Gasteiger partial charge in [-0.05, 0) is 61.7 Å². The largest absolute Gasteiger partial charge is 0.502 e. The van der Waals surface area contributed by atoms with Crippen LogP contribution in [0.2, 0.25) is 0 Å². The highest BCUT2D eigenvalue weighted by Gasteiger charge is 2.40. The van der Waals surface area contributed by atoms with E-state index in [2.05, 4.69) is 32.6 Å². The van der Waals surface area contributed by atoms with Crippen molar-refractivity contribution in [3.05, 3.63) is 59.9 Å². The van der Waals surface area contributed by atoms with Gasteiger partial charge in [-0.15, -0.1) is 0 Å². The number of nitrogens with zero attached hydrogens (tertiary/aromatic N) is 2. The van der Waals surface area contributed by atoms with Crippen molar-refractivity contribution in [2.24, 2.45) is 5.92 Å². The Bertz CT molecular complexity index is 942. The molecule has 0 saturated heterocycles. The molecule has 0 fully saturated rings. The number of imide groups is 1. The smallest absolute Gasteiger partial charge is 0.301 e. The van der Waals surface area contributed by atoms with Crippen LogP contribution in [0.15, 0.2) is 54.3 Å². The van der Waals surface area contributed by atoms with E-state index in [9.17, 15) is 14.7 Å². The normalized spacial score (nSPS) is 14.1. The van der Waals surface area contributed by atoms with Gasteiger partial charge in [0.2, 0.25) is 0 Å². The van der Waals surface area contributed by atoms with E-state index < -0.39 is 17.6 Å². The predicted octanol–water partition coefficient (Wildman–Crippen LogP) is 4.41. The van der Waals surface area contributed by atoms with Crippen LogP contribution in [0.1, 0.15) is 33.3 Å². The van der Waals surface area contributed by atoms with Crippen LogP contribution in [0.5, 0.6) is 5.75 Å². The maximum absolute atomic E-state index is 13.0. The van der Waals surface area contributed by atoms with Crippen LogP contribution < -0.4 is 14.5 Å². The van der Waals surface area contributed by atoms with Crippen LogP contribution >= 0.6 is 0 Å². The van der Waals surface area contributed by atoms with Crippen LogP contribution in [-0.2, 0) is 9.59 Å². The lowest BCUT2D eigenvalue weighted by Crippen LogP contribution is -2.31. The van der Waals surface area contributed by atoms with E-state index in [1.807, 2.05) is 12.1 Å². The maximum Gasteiger partial charge on any atom is 0.301 e. The summed E-state index contributed by atoms with van der Waals surface area (Å²) in [5.74, 6) is -0.723. The molecule has 158 valence electrons. The van der Waals surface area contributed by atoms with Gasteiger partial charge in [0.25, 0.3) is 5.91 Å². The molecule has 0 aliphatic carbocycles. The minimum Gasteiger partial charge on any atom is -0.502 e. The quantitative estimate of drug-likeness (QED) is 0.655. The molecule has 1 heterocycles. The highest BCUT2D eigenvalue weighted by Crippen LogP contribution is 2.33. The Balaban J connectivity index is 1.82. The summed E-state index contributed by atoms with van der Waals surface area (Å²) < 4.78 is 5.65. The summed E-state index contributed by atoms with van der Waals surface area (Å²) in [5, 5.41) is 10.4. The lowest BCUT2D eigenvalue weighted by Gasteiger charge is -2.22. The molecule has 0 saturated carbocycles. The molecule has 0 aromatic heterocycles. The molecule has 0 spiro atoms. The van der Waals surface area contributed by atoms with Gasteiger partial charge in [0, 0.05) is 18.8 Å². The van der Waals surface area contributed by atoms with E-state index in [0.717, 1.165) is 23.7 Å². The molecule has 1 N–H and O–H groups in total. The summed E-state index contributed by atoms with van der Waals surface area (Å²) in [7, 11) is 0. The average molecular weight is 408 g/mol. The molecule has 2 amide bonds. The molecular formula is C24H28N2O4. The van der Waals surface area contributed by atoms with E-state index in [0.29, 0.717) is 29.5 Å². The number of rotatable bonds is 8. The van der Waals surface area contributed by atoms with Crippen LogP contribution in [0.25, 0.3) is 5.57 Å². The van der Waals surface area contributed by atoms with Crippen LogP contribution in [0.3, 0.4) is 0 Å². The fraction of sp³-hybridized carbons (Fsp3) is 0.333. The number of hydrogen-bond acceptors (Lipinski definition) is 5. The number of aliphatic hydroxyl groups is 1. The number of anilines is 2. The minimum absolute atomic E-state index is 0.00299. The number of amides is 2. The Labute approximate surface area is 177 Å². The first kappa shape index (κ1) is 21.4. The van der Waals surface area contributed by atoms with Crippen molar-refractivity contribution in [2.45, 2.75) is 27.7 Å². The molecule has 0 radical (unpaired) electrons. The van der Waals surface area contributed by atoms with E-state index in [1.54, 1.807) is 36.4 Å². The first-order valence-corrected chi connectivity index (χ1v) is 10.3. The predicted molar refractivity (Wildman–Crippen MR) is 119 cm³/mol. The zero-order valence-electron chi connectivity index (χ0n) is 17.9. The van der Waals surface area contributed by atoms with Crippen molar-refractivity contribution in [2.75, 3.05) is 29.5 Å². The van der Waals surface area contributed by atoms with Gasteiger partial charge in [-0.2, -0.15) is 0 Å². The van der Waals surface area contributed by atoms with Gasteiger partial charge in [0.15, 0.2) is 5.76 Å². The Morgan fingerprint density at radius 2 is 1.53 bits per heavy atom. The first-order chi connectivity index (χ1) is 14.4. The molecule has 0 unspecified atom stereocenters. The number of hydrogen-bond donors (Lipinski definition) is 1. The number of benzene rings is 2. The zero-order chi connectivity index (χ0) is 21.8. The second-order valence-corrected chi connectivity index (χ2v) is 7.59. The highest BCUT2D eigenvalue weighted by atomic mass is 16.5. The molecule has 6 nitrogen and oxygen atoms in total. The van der Waals surface area contributed by atoms with E-state index in [1.165, 1.54) is 0 Å². The van der Waals surface area contributed by atoms with Crippen molar-refractivity contribution < 1.29 is 19.4 Å². The van der Waals surface area contributed by atoms with Gasteiger partial charge < -0.3 is 14.7 Å². The molecule has 0 atom stereocenters. The number of aliphatic hydroxyl groups excluding tert-OH is 1. The molecular weight excluding hydrogens is 380 g/mol. The molecule has 0 bridgehead atoms. The molecule has 1 aliphatic heterocycles. The molecule has 1 aliphatic rings. The average Bonchev–Trinajstić information content (AvgIpc) is 2.97. The van der Waals surface area contributed by atoms with Crippen LogP contribution in [-0.4, -0.2) is 36.6 Å². The van der Waals surface area contributed by atoms with Gasteiger partial charge in [0.05, 0.1) is 17.9 Å². The first-order valence-electron chi connectivity index (χ1n) is 10.3. The number of carbonyl (C=O) groups is 2. The van der Waals surface area contributed by atoms with Gasteiger partial charge in [-0.3, -0.25) is 9.59 Å². The summed E-state index contributed by atoms with van der Waals surface area (Å²) in [4.78, 5) is 28.8. The topological polar surface area (TPSA) is 70.1 Å². The van der Waals surface area contributed by atoms with Crippen molar-refractivity contribution in [1.82, 2.24) is 0 Å². The van der Waals surface area contributed by atoms with Gasteiger partial charge in [-0.1, -0.05) is 26.0 Å². The summed E-state index contributed by atoms with van der Waals surface area (Å²) >= 11 is 0.